The monoisotopic (exact) mass is 408 g/mol. The molecule has 0 spiro atoms. The molecule has 1 N–H and O–H groups in total. The van der Waals surface area contributed by atoms with Crippen LogP contribution in [0.5, 0.6) is 0 Å². The van der Waals surface area contributed by atoms with Gasteiger partial charge in [-0.25, -0.2) is 9.18 Å². The summed E-state index contributed by atoms with van der Waals surface area (Å²) in [7, 11) is 0. The SMILES string of the molecule is CC#CCCCc1ccc(-c2ccc(N3C[C@H](CNC(C)=O)OC3=O)cc2F)cc1. The number of halogens is 1. The minimum absolute atomic E-state index is 0.194. The van der Waals surface area contributed by atoms with Crippen LogP contribution in [0.15, 0.2) is 42.5 Å². The van der Waals surface area contributed by atoms with Crippen LogP contribution in [0.25, 0.3) is 11.1 Å². The van der Waals surface area contributed by atoms with E-state index in [-0.39, 0.29) is 19.0 Å². The van der Waals surface area contributed by atoms with Gasteiger partial charge in [0.25, 0.3) is 0 Å². The lowest BCUT2D eigenvalue weighted by Gasteiger charge is -2.14. The van der Waals surface area contributed by atoms with Crippen LogP contribution >= 0.6 is 0 Å². The number of nitrogens with zero attached hydrogens (tertiary/aromatic N) is 1. The van der Waals surface area contributed by atoms with Crippen molar-refractivity contribution in [1.29, 1.82) is 0 Å². The van der Waals surface area contributed by atoms with Gasteiger partial charge in [-0.05, 0) is 49.1 Å². The van der Waals surface area contributed by atoms with E-state index in [1.165, 1.54) is 23.5 Å². The molecule has 0 aliphatic carbocycles. The summed E-state index contributed by atoms with van der Waals surface area (Å²) < 4.78 is 20.0. The quantitative estimate of drug-likeness (QED) is 0.549. The fraction of sp³-hybridized carbons (Fsp3) is 0.333. The minimum atomic E-state index is -0.547. The second-order valence-electron chi connectivity index (χ2n) is 7.19. The number of carbonyl (C=O) groups is 2. The van der Waals surface area contributed by atoms with E-state index in [0.29, 0.717) is 11.3 Å². The van der Waals surface area contributed by atoms with Crippen LogP contribution in [0.2, 0.25) is 0 Å². The third-order valence-corrected chi connectivity index (χ3v) is 4.93. The zero-order chi connectivity index (χ0) is 21.5. The number of aryl methyl sites for hydroxylation is 1. The molecular weight excluding hydrogens is 383 g/mol. The molecule has 2 aromatic rings. The summed E-state index contributed by atoms with van der Waals surface area (Å²) in [6.07, 6.45) is 1.80. The second-order valence-corrected chi connectivity index (χ2v) is 7.19. The Morgan fingerprint density at radius 1 is 1.27 bits per heavy atom. The van der Waals surface area contributed by atoms with Crippen molar-refractivity contribution in [2.75, 3.05) is 18.0 Å². The summed E-state index contributed by atoms with van der Waals surface area (Å²) in [5.74, 6) is 5.35. The maximum Gasteiger partial charge on any atom is 0.414 e. The number of benzene rings is 2. The summed E-state index contributed by atoms with van der Waals surface area (Å²) >= 11 is 0. The number of cyclic esters (lactones) is 1. The Balaban J connectivity index is 1.67. The predicted molar refractivity (Wildman–Crippen MR) is 115 cm³/mol. The van der Waals surface area contributed by atoms with Gasteiger partial charge in [0.1, 0.15) is 11.9 Å². The molecule has 1 heterocycles. The average molecular weight is 408 g/mol. The van der Waals surface area contributed by atoms with Crippen molar-refractivity contribution in [2.24, 2.45) is 0 Å². The Labute approximate surface area is 176 Å². The Bertz CT molecular complexity index is 976. The molecule has 0 bridgehead atoms. The van der Waals surface area contributed by atoms with Crippen molar-refractivity contribution >= 4 is 17.7 Å². The Morgan fingerprint density at radius 3 is 2.70 bits per heavy atom. The normalized spacial score (nSPS) is 15.4. The van der Waals surface area contributed by atoms with E-state index in [2.05, 4.69) is 17.2 Å². The van der Waals surface area contributed by atoms with Crippen LogP contribution in [0.3, 0.4) is 0 Å². The Kier molecular flexibility index (Phi) is 7.08. The number of carbonyl (C=O) groups excluding carboxylic acids is 2. The molecule has 2 amide bonds. The van der Waals surface area contributed by atoms with Gasteiger partial charge in [0, 0.05) is 18.9 Å². The lowest BCUT2D eigenvalue weighted by Crippen LogP contribution is -2.33. The van der Waals surface area contributed by atoms with Crippen LogP contribution in [-0.2, 0) is 16.0 Å². The molecule has 6 heteroatoms. The Hall–Kier alpha value is -3.33. The average Bonchev–Trinajstić information content (AvgIpc) is 3.11. The molecule has 30 heavy (non-hydrogen) atoms. The first-order chi connectivity index (χ1) is 14.5. The molecular formula is C24H25FN2O3. The van der Waals surface area contributed by atoms with E-state index < -0.39 is 18.0 Å². The molecule has 1 fully saturated rings. The van der Waals surface area contributed by atoms with Crippen LogP contribution in [0.1, 0.15) is 32.3 Å². The van der Waals surface area contributed by atoms with E-state index in [0.717, 1.165) is 24.8 Å². The second kappa shape index (κ2) is 9.93. The molecule has 0 unspecified atom stereocenters. The van der Waals surface area contributed by atoms with Crippen molar-refractivity contribution in [3.05, 3.63) is 53.8 Å². The molecule has 1 aliphatic rings. The highest BCUT2D eigenvalue weighted by Crippen LogP contribution is 2.29. The standard InChI is InChI=1S/C24H25FN2O3/c1-3-4-5-6-7-18-8-10-19(11-9-18)22-13-12-20(14-23(22)25)27-16-21(30-24(27)29)15-26-17(2)28/h8-14,21H,5-7,15-16H2,1-2H3,(H,26,28)/t21-/m0/s1. The molecule has 0 saturated carbocycles. The molecule has 156 valence electrons. The highest BCUT2D eigenvalue weighted by Gasteiger charge is 2.32. The molecule has 1 saturated heterocycles. The summed E-state index contributed by atoms with van der Waals surface area (Å²) in [4.78, 5) is 24.5. The van der Waals surface area contributed by atoms with Crippen molar-refractivity contribution in [3.63, 3.8) is 0 Å². The molecule has 3 rings (SSSR count). The first-order valence-corrected chi connectivity index (χ1v) is 9.99. The maximum absolute atomic E-state index is 14.8. The number of unbranched alkanes of at least 4 members (excludes halogenated alkanes) is 1. The lowest BCUT2D eigenvalue weighted by molar-refractivity contribution is -0.119. The molecule has 0 aromatic heterocycles. The van der Waals surface area contributed by atoms with Gasteiger partial charge in [-0.3, -0.25) is 9.69 Å². The minimum Gasteiger partial charge on any atom is -0.442 e. The number of hydrogen-bond acceptors (Lipinski definition) is 3. The van der Waals surface area contributed by atoms with Gasteiger partial charge in [0.2, 0.25) is 5.91 Å². The summed E-state index contributed by atoms with van der Waals surface area (Å²) in [5, 5.41) is 2.62. The van der Waals surface area contributed by atoms with Crippen LogP contribution in [-0.4, -0.2) is 31.2 Å². The first kappa shape index (κ1) is 21.4. The van der Waals surface area contributed by atoms with E-state index in [4.69, 9.17) is 4.74 Å². The number of ether oxygens (including phenoxy) is 1. The largest absolute Gasteiger partial charge is 0.442 e. The van der Waals surface area contributed by atoms with E-state index in [9.17, 15) is 14.0 Å². The highest BCUT2D eigenvalue weighted by atomic mass is 19.1. The van der Waals surface area contributed by atoms with Gasteiger partial charge >= 0.3 is 6.09 Å². The number of hydrogen-bond donors (Lipinski definition) is 1. The Morgan fingerprint density at radius 2 is 2.03 bits per heavy atom. The zero-order valence-electron chi connectivity index (χ0n) is 17.2. The predicted octanol–water partition coefficient (Wildman–Crippen LogP) is 4.30. The van der Waals surface area contributed by atoms with Crippen LogP contribution in [0.4, 0.5) is 14.9 Å². The zero-order valence-corrected chi connectivity index (χ0v) is 17.2. The van der Waals surface area contributed by atoms with Crippen molar-refractivity contribution in [3.8, 4) is 23.0 Å². The summed E-state index contributed by atoms with van der Waals surface area (Å²) in [6, 6.07) is 12.6. The molecule has 0 radical (unpaired) electrons. The van der Waals surface area contributed by atoms with Crippen LogP contribution in [0, 0.1) is 17.7 Å². The fourth-order valence-corrected chi connectivity index (χ4v) is 3.36. The third kappa shape index (κ3) is 5.38. The number of nitrogens with one attached hydrogen (secondary N) is 1. The van der Waals surface area contributed by atoms with Gasteiger partial charge < -0.3 is 10.1 Å². The van der Waals surface area contributed by atoms with Crippen molar-refractivity contribution in [2.45, 2.75) is 39.2 Å². The highest BCUT2D eigenvalue weighted by molar-refractivity contribution is 5.90. The smallest absolute Gasteiger partial charge is 0.414 e. The van der Waals surface area contributed by atoms with Gasteiger partial charge in [-0.2, -0.15) is 0 Å². The van der Waals surface area contributed by atoms with Gasteiger partial charge in [-0.1, -0.05) is 24.3 Å². The molecule has 5 nitrogen and oxygen atoms in total. The van der Waals surface area contributed by atoms with E-state index in [1.54, 1.807) is 12.1 Å². The number of anilines is 1. The number of amides is 2. The van der Waals surface area contributed by atoms with Crippen molar-refractivity contribution in [1.82, 2.24) is 5.32 Å². The molecule has 1 atom stereocenters. The third-order valence-electron chi connectivity index (χ3n) is 4.93. The van der Waals surface area contributed by atoms with E-state index in [1.807, 2.05) is 31.2 Å². The van der Waals surface area contributed by atoms with Crippen molar-refractivity contribution < 1.29 is 18.7 Å². The fourth-order valence-electron chi connectivity index (χ4n) is 3.36. The summed E-state index contributed by atoms with van der Waals surface area (Å²) in [5.41, 5.74) is 2.88. The van der Waals surface area contributed by atoms with Gasteiger partial charge in [0.05, 0.1) is 18.8 Å². The lowest BCUT2D eigenvalue weighted by atomic mass is 10.0. The maximum atomic E-state index is 14.8. The molecule has 1 aliphatic heterocycles. The van der Waals surface area contributed by atoms with Gasteiger partial charge in [-0.15, -0.1) is 11.8 Å². The van der Waals surface area contributed by atoms with Crippen LogP contribution < -0.4 is 10.2 Å². The number of rotatable bonds is 7. The van der Waals surface area contributed by atoms with E-state index >= 15 is 0 Å². The topological polar surface area (TPSA) is 58.6 Å². The molecule has 2 aromatic carbocycles. The summed E-state index contributed by atoms with van der Waals surface area (Å²) in [6.45, 7) is 3.73. The first-order valence-electron chi connectivity index (χ1n) is 9.99. The van der Waals surface area contributed by atoms with Gasteiger partial charge in [0.15, 0.2) is 0 Å².